The number of aromatic nitrogens is 2. The van der Waals surface area contributed by atoms with E-state index in [-0.39, 0.29) is 13.0 Å². The molecular formula is C16H14Cl2FN3O. The van der Waals surface area contributed by atoms with Gasteiger partial charge in [0, 0.05) is 11.4 Å². The molecule has 1 saturated carbocycles. The average molecular weight is 354 g/mol. The van der Waals surface area contributed by atoms with E-state index >= 15 is 0 Å². The van der Waals surface area contributed by atoms with Crippen LogP contribution in [0.15, 0.2) is 30.7 Å². The van der Waals surface area contributed by atoms with Crippen LogP contribution >= 0.6 is 23.2 Å². The van der Waals surface area contributed by atoms with Crippen molar-refractivity contribution in [3.63, 3.8) is 0 Å². The molecule has 0 bridgehead atoms. The predicted octanol–water partition coefficient (Wildman–Crippen LogP) is 3.29. The van der Waals surface area contributed by atoms with E-state index in [2.05, 4.69) is 4.98 Å². The van der Waals surface area contributed by atoms with E-state index in [0.29, 0.717) is 29.1 Å². The number of nitriles is 1. The van der Waals surface area contributed by atoms with Gasteiger partial charge in [-0.25, -0.2) is 9.37 Å². The highest BCUT2D eigenvalue weighted by molar-refractivity contribution is 6.30. The van der Waals surface area contributed by atoms with Crippen molar-refractivity contribution < 1.29 is 9.50 Å². The summed E-state index contributed by atoms with van der Waals surface area (Å²) in [5.74, 6) is -0.483. The van der Waals surface area contributed by atoms with E-state index in [0.717, 1.165) is 0 Å². The highest BCUT2D eigenvalue weighted by Gasteiger charge is 2.58. The minimum absolute atomic E-state index is 0.0303. The number of hydrogen-bond acceptors (Lipinski definition) is 3. The molecule has 0 spiro atoms. The fraction of sp³-hybridized carbons (Fsp3) is 0.375. The molecule has 1 aliphatic rings. The molecule has 1 unspecified atom stereocenters. The van der Waals surface area contributed by atoms with Gasteiger partial charge in [0.25, 0.3) is 0 Å². The van der Waals surface area contributed by atoms with Crippen LogP contribution in [0.25, 0.3) is 0 Å². The van der Waals surface area contributed by atoms with Gasteiger partial charge in [0.1, 0.15) is 23.2 Å². The topological polar surface area (TPSA) is 61.8 Å². The van der Waals surface area contributed by atoms with Gasteiger partial charge in [0.05, 0.1) is 23.9 Å². The van der Waals surface area contributed by atoms with Crippen LogP contribution < -0.4 is 0 Å². The van der Waals surface area contributed by atoms with Crippen LogP contribution in [-0.2, 0) is 13.0 Å². The standard InChI is InChI=1S/C16H14Cl2FN3O/c17-12-2-1-11(14(19)5-12)6-16(23,15(18)3-4-15)9-22-10-21-8-13(22)7-20/h1-2,5,8,10,23H,3-4,6,9H2. The molecule has 0 amide bonds. The quantitative estimate of drug-likeness (QED) is 0.839. The third-order valence-electron chi connectivity index (χ3n) is 4.28. The van der Waals surface area contributed by atoms with Crippen molar-refractivity contribution in [3.05, 3.63) is 52.8 Å². The predicted molar refractivity (Wildman–Crippen MR) is 84.8 cm³/mol. The zero-order chi connectivity index (χ0) is 16.7. The van der Waals surface area contributed by atoms with Crippen LogP contribution in [0.4, 0.5) is 4.39 Å². The van der Waals surface area contributed by atoms with Gasteiger partial charge in [0.15, 0.2) is 0 Å². The van der Waals surface area contributed by atoms with Gasteiger partial charge < -0.3 is 9.67 Å². The molecule has 1 aliphatic carbocycles. The van der Waals surface area contributed by atoms with E-state index in [1.54, 1.807) is 12.1 Å². The van der Waals surface area contributed by atoms with Crippen LogP contribution in [0.2, 0.25) is 5.02 Å². The molecular weight excluding hydrogens is 340 g/mol. The Bertz CT molecular complexity index is 782. The van der Waals surface area contributed by atoms with Crippen molar-refractivity contribution in [1.29, 1.82) is 5.26 Å². The number of hydrogen-bond donors (Lipinski definition) is 1. The Morgan fingerprint density at radius 3 is 2.83 bits per heavy atom. The van der Waals surface area contributed by atoms with E-state index in [1.165, 1.54) is 23.2 Å². The summed E-state index contributed by atoms with van der Waals surface area (Å²) >= 11 is 12.3. The number of aliphatic hydroxyl groups is 1. The largest absolute Gasteiger partial charge is 0.386 e. The molecule has 4 nitrogen and oxygen atoms in total. The average Bonchev–Trinajstić information content (AvgIpc) is 3.10. The Labute approximate surface area is 143 Å². The zero-order valence-corrected chi connectivity index (χ0v) is 13.6. The number of imidazole rings is 1. The molecule has 1 fully saturated rings. The van der Waals surface area contributed by atoms with Gasteiger partial charge in [-0.3, -0.25) is 0 Å². The van der Waals surface area contributed by atoms with Crippen LogP contribution in [0.3, 0.4) is 0 Å². The van der Waals surface area contributed by atoms with Crippen molar-refractivity contribution in [1.82, 2.24) is 9.55 Å². The minimum atomic E-state index is -1.39. The lowest BCUT2D eigenvalue weighted by Gasteiger charge is -2.34. The van der Waals surface area contributed by atoms with Gasteiger partial charge in [-0.2, -0.15) is 5.26 Å². The fourth-order valence-corrected chi connectivity index (χ4v) is 3.11. The van der Waals surface area contributed by atoms with Crippen molar-refractivity contribution in [3.8, 4) is 6.07 Å². The first-order valence-corrected chi connectivity index (χ1v) is 7.88. The van der Waals surface area contributed by atoms with Crippen molar-refractivity contribution in [2.24, 2.45) is 0 Å². The van der Waals surface area contributed by atoms with E-state index in [1.807, 2.05) is 6.07 Å². The summed E-state index contributed by atoms with van der Waals surface area (Å²) in [6.45, 7) is 0.0709. The molecule has 1 heterocycles. The van der Waals surface area contributed by atoms with Crippen LogP contribution in [0.5, 0.6) is 0 Å². The lowest BCUT2D eigenvalue weighted by atomic mass is 9.88. The normalized spacial score (nSPS) is 18.2. The smallest absolute Gasteiger partial charge is 0.139 e. The lowest BCUT2D eigenvalue weighted by Crippen LogP contribution is -2.47. The first-order chi connectivity index (χ1) is 10.9. The van der Waals surface area contributed by atoms with Gasteiger partial charge >= 0.3 is 0 Å². The van der Waals surface area contributed by atoms with Crippen molar-refractivity contribution in [2.45, 2.75) is 36.3 Å². The zero-order valence-electron chi connectivity index (χ0n) is 12.1. The maximum Gasteiger partial charge on any atom is 0.139 e. The molecule has 1 atom stereocenters. The second-order valence-electron chi connectivity index (χ2n) is 5.93. The van der Waals surface area contributed by atoms with Crippen LogP contribution in [0, 0.1) is 17.1 Å². The molecule has 0 radical (unpaired) electrons. The molecule has 120 valence electrons. The number of halogens is 3. The van der Waals surface area contributed by atoms with Gasteiger partial charge in [-0.1, -0.05) is 17.7 Å². The maximum absolute atomic E-state index is 14.1. The molecule has 3 rings (SSSR count). The number of benzene rings is 1. The number of rotatable bonds is 5. The monoisotopic (exact) mass is 353 g/mol. The Hall–Kier alpha value is -1.61. The summed E-state index contributed by atoms with van der Waals surface area (Å²) in [7, 11) is 0. The Morgan fingerprint density at radius 1 is 1.48 bits per heavy atom. The second kappa shape index (κ2) is 5.79. The van der Waals surface area contributed by atoms with Crippen LogP contribution in [-0.4, -0.2) is 25.1 Å². The molecule has 2 aromatic rings. The second-order valence-corrected chi connectivity index (χ2v) is 7.09. The summed E-state index contributed by atoms with van der Waals surface area (Å²) in [6.07, 6.45) is 4.18. The molecule has 7 heteroatoms. The Balaban J connectivity index is 1.93. The third-order valence-corrected chi connectivity index (χ3v) is 5.24. The number of nitrogens with zero attached hydrogens (tertiary/aromatic N) is 3. The van der Waals surface area contributed by atoms with Gasteiger partial charge in [-0.15, -0.1) is 11.6 Å². The van der Waals surface area contributed by atoms with E-state index < -0.39 is 16.3 Å². The molecule has 1 aromatic carbocycles. The first kappa shape index (κ1) is 16.3. The summed E-state index contributed by atoms with van der Waals surface area (Å²) in [5, 5.41) is 20.5. The van der Waals surface area contributed by atoms with E-state index in [9.17, 15) is 9.50 Å². The maximum atomic E-state index is 14.1. The molecule has 0 aliphatic heterocycles. The Morgan fingerprint density at radius 2 is 2.22 bits per heavy atom. The molecule has 1 aromatic heterocycles. The number of alkyl halides is 1. The summed E-state index contributed by atoms with van der Waals surface area (Å²) < 4.78 is 15.6. The molecule has 1 N–H and O–H groups in total. The SMILES string of the molecule is N#Cc1cncn1CC(O)(Cc1ccc(Cl)cc1F)C1(Cl)CC1. The molecule has 23 heavy (non-hydrogen) atoms. The summed E-state index contributed by atoms with van der Waals surface area (Å²) in [5.41, 5.74) is -0.737. The van der Waals surface area contributed by atoms with Gasteiger partial charge in [-0.05, 0) is 30.5 Å². The highest BCUT2D eigenvalue weighted by Crippen LogP contribution is 2.53. The van der Waals surface area contributed by atoms with E-state index in [4.69, 9.17) is 28.5 Å². The Kier molecular flexibility index (Phi) is 4.09. The first-order valence-electron chi connectivity index (χ1n) is 7.12. The third kappa shape index (κ3) is 3.07. The van der Waals surface area contributed by atoms with Gasteiger partial charge in [0.2, 0.25) is 0 Å². The minimum Gasteiger partial charge on any atom is -0.386 e. The summed E-state index contributed by atoms with van der Waals surface area (Å²) in [6, 6.07) is 6.34. The molecule has 0 saturated heterocycles. The fourth-order valence-electron chi connectivity index (χ4n) is 2.73. The summed E-state index contributed by atoms with van der Waals surface area (Å²) in [4.78, 5) is 3.09. The van der Waals surface area contributed by atoms with Crippen LogP contribution in [0.1, 0.15) is 24.1 Å². The lowest BCUT2D eigenvalue weighted by molar-refractivity contribution is 0.00995. The van der Waals surface area contributed by atoms with Crippen molar-refractivity contribution in [2.75, 3.05) is 0 Å². The highest BCUT2D eigenvalue weighted by atomic mass is 35.5. The van der Waals surface area contributed by atoms with Crippen molar-refractivity contribution >= 4 is 23.2 Å².